The van der Waals surface area contributed by atoms with Crippen LogP contribution in [0.4, 0.5) is 5.95 Å². The summed E-state index contributed by atoms with van der Waals surface area (Å²) in [5.74, 6) is 0.716. The lowest BCUT2D eigenvalue weighted by Gasteiger charge is -2.09. The minimum absolute atomic E-state index is 0.716. The van der Waals surface area contributed by atoms with Crippen molar-refractivity contribution in [1.29, 1.82) is 0 Å². The van der Waals surface area contributed by atoms with Crippen molar-refractivity contribution in [1.82, 2.24) is 15.2 Å². The van der Waals surface area contributed by atoms with Crippen molar-refractivity contribution in [3.63, 3.8) is 0 Å². The van der Waals surface area contributed by atoms with Gasteiger partial charge in [-0.15, -0.1) is 10.2 Å². The molecule has 4 nitrogen and oxygen atoms in total. The molecule has 3 aromatic rings. The predicted molar refractivity (Wildman–Crippen MR) is 82.9 cm³/mol. The lowest BCUT2D eigenvalue weighted by Crippen LogP contribution is -2.04. The maximum absolute atomic E-state index is 4.73. The van der Waals surface area contributed by atoms with Gasteiger partial charge in [0.25, 0.3) is 0 Å². The Balaban J connectivity index is 1.90. The molecule has 1 aliphatic heterocycles. The van der Waals surface area contributed by atoms with E-state index < -0.39 is 0 Å². The second-order valence-electron chi connectivity index (χ2n) is 5.03. The largest absolute Gasteiger partial charge is 0.336 e. The zero-order valence-corrected chi connectivity index (χ0v) is 11.5. The molecular weight excluding hydrogens is 260 g/mol. The molecule has 0 bridgehead atoms. The van der Waals surface area contributed by atoms with Crippen LogP contribution < -0.4 is 4.90 Å². The molecule has 1 aromatic heterocycles. The third-order valence-corrected chi connectivity index (χ3v) is 3.50. The van der Waals surface area contributed by atoms with E-state index in [2.05, 4.69) is 27.2 Å². The van der Waals surface area contributed by atoms with Crippen LogP contribution in [0.2, 0.25) is 0 Å². The third kappa shape index (κ3) is 2.36. The van der Waals surface area contributed by atoms with Crippen molar-refractivity contribution in [2.75, 3.05) is 18.0 Å². The zero-order valence-electron chi connectivity index (χ0n) is 11.5. The normalized spacial score (nSPS) is 13.2. The van der Waals surface area contributed by atoms with Gasteiger partial charge in [0.2, 0.25) is 5.95 Å². The summed E-state index contributed by atoms with van der Waals surface area (Å²) < 4.78 is 0. The number of anilines is 1. The fraction of sp³-hybridized carbons (Fsp3) is 0.118. The molecule has 0 atom stereocenters. The molecule has 0 amide bonds. The standard InChI is InChI=1S/C17H14N4/c1-3-7-13(8-4-1)15-16(14-9-5-2-6-10-14)19-20-17(18-15)21-11-12-21/h1-10H,11-12H2. The van der Waals surface area contributed by atoms with Gasteiger partial charge >= 0.3 is 0 Å². The van der Waals surface area contributed by atoms with Gasteiger partial charge < -0.3 is 4.90 Å². The van der Waals surface area contributed by atoms with Crippen molar-refractivity contribution < 1.29 is 0 Å². The van der Waals surface area contributed by atoms with Crippen molar-refractivity contribution in [2.24, 2.45) is 0 Å². The summed E-state index contributed by atoms with van der Waals surface area (Å²) in [7, 11) is 0. The van der Waals surface area contributed by atoms with Crippen LogP contribution in [0.3, 0.4) is 0 Å². The fourth-order valence-electron chi connectivity index (χ4n) is 2.29. The number of rotatable bonds is 3. The van der Waals surface area contributed by atoms with E-state index in [1.165, 1.54) is 0 Å². The molecule has 1 aliphatic rings. The Morgan fingerprint density at radius 2 is 1.24 bits per heavy atom. The molecule has 21 heavy (non-hydrogen) atoms. The van der Waals surface area contributed by atoms with E-state index in [4.69, 9.17) is 4.98 Å². The number of nitrogens with zero attached hydrogens (tertiary/aromatic N) is 4. The Bertz CT molecular complexity index is 752. The monoisotopic (exact) mass is 274 g/mol. The SMILES string of the molecule is c1ccc(-c2nnc(N3CC3)nc2-c2ccccc2)cc1. The van der Waals surface area contributed by atoms with E-state index in [0.717, 1.165) is 35.6 Å². The maximum Gasteiger partial charge on any atom is 0.246 e. The molecule has 1 fully saturated rings. The summed E-state index contributed by atoms with van der Waals surface area (Å²) in [4.78, 5) is 6.84. The van der Waals surface area contributed by atoms with Gasteiger partial charge in [0.15, 0.2) is 0 Å². The molecule has 102 valence electrons. The number of benzene rings is 2. The highest BCUT2D eigenvalue weighted by atomic mass is 15.4. The first-order chi connectivity index (χ1) is 10.4. The Morgan fingerprint density at radius 3 is 1.81 bits per heavy atom. The highest BCUT2D eigenvalue weighted by Gasteiger charge is 2.23. The van der Waals surface area contributed by atoms with Crippen LogP contribution in [0, 0.1) is 0 Å². The Morgan fingerprint density at radius 1 is 0.667 bits per heavy atom. The Kier molecular flexibility index (Phi) is 2.85. The van der Waals surface area contributed by atoms with Gasteiger partial charge in [0.05, 0.1) is 0 Å². The molecule has 0 spiro atoms. The van der Waals surface area contributed by atoms with Crippen molar-refractivity contribution in [3.8, 4) is 22.5 Å². The Hall–Kier alpha value is -2.75. The molecule has 0 radical (unpaired) electrons. The van der Waals surface area contributed by atoms with Gasteiger partial charge in [-0.25, -0.2) is 4.98 Å². The highest BCUT2D eigenvalue weighted by molar-refractivity contribution is 5.78. The molecule has 0 N–H and O–H groups in total. The van der Waals surface area contributed by atoms with Crippen molar-refractivity contribution >= 4 is 5.95 Å². The number of hydrogen-bond donors (Lipinski definition) is 0. The summed E-state index contributed by atoms with van der Waals surface area (Å²) in [5.41, 5.74) is 3.81. The first-order valence-electron chi connectivity index (χ1n) is 7.02. The van der Waals surface area contributed by atoms with E-state index in [1.54, 1.807) is 0 Å². The third-order valence-electron chi connectivity index (χ3n) is 3.50. The van der Waals surface area contributed by atoms with E-state index in [0.29, 0.717) is 5.95 Å². The molecule has 0 aliphatic carbocycles. The topological polar surface area (TPSA) is 41.7 Å². The first kappa shape index (κ1) is 12.0. The van der Waals surface area contributed by atoms with Crippen molar-refractivity contribution in [2.45, 2.75) is 0 Å². The summed E-state index contributed by atoms with van der Waals surface area (Å²) in [6, 6.07) is 20.2. The number of hydrogen-bond acceptors (Lipinski definition) is 4. The van der Waals surface area contributed by atoms with E-state index >= 15 is 0 Å². The lowest BCUT2D eigenvalue weighted by atomic mass is 10.0. The van der Waals surface area contributed by atoms with Crippen LogP contribution in [0.15, 0.2) is 60.7 Å². The summed E-state index contributed by atoms with van der Waals surface area (Å²) in [5, 5.41) is 8.70. The second kappa shape index (κ2) is 4.98. The molecular formula is C17H14N4. The molecule has 0 saturated carbocycles. The average molecular weight is 274 g/mol. The summed E-state index contributed by atoms with van der Waals surface area (Å²) in [6.07, 6.45) is 0. The predicted octanol–water partition coefficient (Wildman–Crippen LogP) is 3.03. The van der Waals surface area contributed by atoms with Gasteiger partial charge in [-0.3, -0.25) is 0 Å². The molecule has 0 unspecified atom stereocenters. The van der Waals surface area contributed by atoms with Gasteiger partial charge in [-0.05, 0) is 0 Å². The second-order valence-corrected chi connectivity index (χ2v) is 5.03. The van der Waals surface area contributed by atoms with Crippen LogP contribution in [0.5, 0.6) is 0 Å². The average Bonchev–Trinajstić information content (AvgIpc) is 3.41. The van der Waals surface area contributed by atoms with Crippen LogP contribution in [0.1, 0.15) is 0 Å². The van der Waals surface area contributed by atoms with Crippen LogP contribution in [0.25, 0.3) is 22.5 Å². The van der Waals surface area contributed by atoms with Gasteiger partial charge in [0, 0.05) is 24.2 Å². The quantitative estimate of drug-likeness (QED) is 0.688. The summed E-state index contributed by atoms with van der Waals surface area (Å²) >= 11 is 0. The van der Waals surface area contributed by atoms with Gasteiger partial charge in [-0.1, -0.05) is 60.7 Å². The number of aromatic nitrogens is 3. The van der Waals surface area contributed by atoms with E-state index in [1.807, 2.05) is 48.5 Å². The minimum Gasteiger partial charge on any atom is -0.336 e. The summed E-state index contributed by atoms with van der Waals surface area (Å²) in [6.45, 7) is 2.03. The maximum atomic E-state index is 4.73. The highest BCUT2D eigenvalue weighted by Crippen LogP contribution is 2.30. The van der Waals surface area contributed by atoms with E-state index in [9.17, 15) is 0 Å². The molecule has 4 rings (SSSR count). The first-order valence-corrected chi connectivity index (χ1v) is 7.02. The molecule has 2 heterocycles. The lowest BCUT2D eigenvalue weighted by molar-refractivity contribution is 0.963. The minimum atomic E-state index is 0.716. The van der Waals surface area contributed by atoms with Crippen molar-refractivity contribution in [3.05, 3.63) is 60.7 Å². The van der Waals surface area contributed by atoms with Crippen LogP contribution in [-0.2, 0) is 0 Å². The molecule has 4 heteroatoms. The smallest absolute Gasteiger partial charge is 0.246 e. The molecule has 1 saturated heterocycles. The van der Waals surface area contributed by atoms with Crippen LogP contribution in [-0.4, -0.2) is 28.3 Å². The fourth-order valence-corrected chi connectivity index (χ4v) is 2.29. The zero-order chi connectivity index (χ0) is 14.1. The van der Waals surface area contributed by atoms with Gasteiger partial charge in [0.1, 0.15) is 11.4 Å². The van der Waals surface area contributed by atoms with E-state index in [-0.39, 0.29) is 0 Å². The Labute approximate surface area is 123 Å². The van der Waals surface area contributed by atoms with Crippen LogP contribution >= 0.6 is 0 Å². The van der Waals surface area contributed by atoms with Gasteiger partial charge in [-0.2, -0.15) is 0 Å². The molecule has 2 aromatic carbocycles.